The molecule has 58 heteroatoms. The zero-order valence-corrected chi connectivity index (χ0v) is 86.2. The zero-order chi connectivity index (χ0) is 80.4. The number of azo groups is 3. The number of anilines is 4. The summed E-state index contributed by atoms with van der Waals surface area (Å²) in [6, 6.07) is 15.9. The Labute approximate surface area is 867 Å². The fourth-order valence-corrected chi connectivity index (χ4v) is 13.9. The molecule has 572 valence electrons. The summed E-state index contributed by atoms with van der Waals surface area (Å²) in [5, 5.41) is 74.3. The normalized spacial score (nSPS) is 11.8. The van der Waals surface area contributed by atoms with Crippen LogP contribution in [-0.2, 0) is 70.7 Å². The third-order valence-electron chi connectivity index (χ3n) is 14.2. The van der Waals surface area contributed by atoms with Gasteiger partial charge in [0.25, 0.3) is 10.0 Å². The average molecular weight is 1840 g/mol. The number of carboxylic acids is 2. The Bertz CT molecular complexity index is 6120. The van der Waals surface area contributed by atoms with Crippen molar-refractivity contribution in [1.29, 1.82) is 0 Å². The molecule has 0 aliphatic rings. The summed E-state index contributed by atoms with van der Waals surface area (Å²) >= 11 is 2.51. The Kier molecular flexibility index (Phi) is 41.8. The first-order chi connectivity index (χ1) is 50.7. The number of sulfonamides is 1. The molecule has 6 aromatic heterocycles. The van der Waals surface area contributed by atoms with Gasteiger partial charge in [-0.1, -0.05) is 46.7 Å². The molecule has 11 rings (SSSR count). The molecular weight excluding hydrogens is 1790 g/mol. The third kappa shape index (κ3) is 27.5. The van der Waals surface area contributed by atoms with Crippen molar-refractivity contribution >= 4 is 171 Å². The largest absolute Gasteiger partial charge is 1.00 e. The molecule has 0 amide bonds. The maximum atomic E-state index is 12.9. The predicted molar refractivity (Wildman–Crippen MR) is 371 cm³/mol. The van der Waals surface area contributed by atoms with Gasteiger partial charge in [0.15, 0.2) is 45.1 Å². The number of oxazole rings is 1. The number of rotatable bonds is 21. The van der Waals surface area contributed by atoms with Gasteiger partial charge in [0.2, 0.25) is 10.8 Å². The Balaban J connectivity index is 0.000000589. The van der Waals surface area contributed by atoms with Crippen molar-refractivity contribution < 1.29 is 350 Å². The van der Waals surface area contributed by atoms with Gasteiger partial charge < -0.3 is 64.9 Å². The molecule has 0 unspecified atom stereocenters. The molecule has 0 saturated heterocycles. The van der Waals surface area contributed by atoms with Crippen molar-refractivity contribution in [3.05, 3.63) is 149 Å². The first kappa shape index (κ1) is 109. The summed E-state index contributed by atoms with van der Waals surface area (Å²) in [4.78, 5) is 30.3. The number of nitrogens with one attached hydrogen (secondary N) is 1. The number of carbonyl (C=O) groups is 2. The van der Waals surface area contributed by atoms with Crippen molar-refractivity contribution in [2.45, 2.75) is 95.6 Å². The molecule has 0 aliphatic heterocycles. The van der Waals surface area contributed by atoms with E-state index < -0.39 is 103 Å². The monoisotopic (exact) mass is 1840 g/mol. The van der Waals surface area contributed by atoms with Crippen molar-refractivity contribution in [1.82, 2.24) is 48.1 Å². The second-order valence-corrected chi connectivity index (χ2v) is 33.5. The minimum absolute atomic E-state index is 0. The SMILES string of the molecule is CC(C)(C)c1nn(-c2cc(C(=O)[O-])cc(C(=O)[O-])c2)c(N)c1N=Nc1ncns1.Cc1nn(-c2ccc(S(=O)(=O)Nc3cc(S(=O)(=O)[O-])cc(S(=O)(=O)[O-])c3)cc2)c(N)c1N=Nc1nc2ccc(S(=O)(=O)[O-])cc2o1.[C-]#[N+]c1c(C)nsc1N=Nc1c(C(C)(C)C)nn(-c2cc(S(=O)(=O)[O-])ccc2SOO[O-])c1N.[K+].[K+].[Na+].[Na+].[Na+].[Na+].[Na+]. The fraction of sp³-hybridized carbons (Fsp3) is 0.172. The smallest absolute Gasteiger partial charge is 0.744 e. The Hall–Kier alpha value is -3.09. The van der Waals surface area contributed by atoms with E-state index in [1.165, 1.54) is 59.0 Å². The first-order valence-electron chi connectivity index (χ1n) is 29.6. The number of hydrogen-bond donors (Lipinski definition) is 4. The second kappa shape index (κ2) is 44.5. The molecule has 0 atom stereocenters. The number of aryl methyl sites for hydroxylation is 2. The Morgan fingerprint density at radius 1 is 0.578 bits per heavy atom. The predicted octanol–water partition coefficient (Wildman–Crippen LogP) is -14.8. The molecule has 6 heterocycles. The Morgan fingerprint density at radius 2 is 1.06 bits per heavy atom. The van der Waals surface area contributed by atoms with E-state index in [9.17, 15) is 85.4 Å². The number of aromatic nitrogens is 10. The summed E-state index contributed by atoms with van der Waals surface area (Å²) in [5.41, 5.74) is 19.2. The number of benzene rings is 5. The number of nitrogens with zero attached hydrogens (tertiary/aromatic N) is 17. The van der Waals surface area contributed by atoms with E-state index in [-0.39, 0.29) is 352 Å². The molecule has 0 radical (unpaired) electrons. The fourth-order valence-electron chi connectivity index (χ4n) is 9.23. The Morgan fingerprint density at radius 3 is 1.56 bits per heavy atom. The van der Waals surface area contributed by atoms with Crippen LogP contribution in [-0.4, -0.2) is 120 Å². The maximum Gasteiger partial charge on any atom is 1.00 e. The van der Waals surface area contributed by atoms with E-state index in [4.69, 9.17) is 28.2 Å². The molecule has 11 aromatic rings. The van der Waals surface area contributed by atoms with Gasteiger partial charge in [-0.2, -0.15) is 29.0 Å². The van der Waals surface area contributed by atoms with Gasteiger partial charge >= 0.3 is 257 Å². The van der Waals surface area contributed by atoms with E-state index in [1.807, 2.05) is 46.3 Å². The molecule has 43 nitrogen and oxygen atoms in total. The average Bonchev–Trinajstić information content (AvgIpc) is 1.62. The summed E-state index contributed by atoms with van der Waals surface area (Å²) in [5.74, 6) is -3.14. The molecule has 0 aliphatic carbocycles. The standard InChI is InChI=1S/C23H19N7O12S4.C18H19N7O6S3.C17H17N7O4S.2K.5Na/c1-12-21(26-27-23-25-19-7-6-16(44(33,34)35)11-20(19)42-23)22(24)30(28-12)14-2-4-15(5-3-14)43(31,32)29-13-8-17(45(36,37)38)10-18(9-13)46(39,40)41;1-9-13(20-5)17(32-24-9)22-21-14-15(18(2,3)4)23-25(16(14)19)11-8-10(34(27,28)29)6-7-12(11)33-31-30-26;1-17(2,3)12-11(21-22-16-19-7-20-29-16)13(18)24(23-12)10-5-8(14(25)26)4-9(6-10)15(27)28;;;;;;;/h2-11,29H,24H2,1H3,(H,33,34,35)(H,36,37,38)(H,39,40,41);6-8,26H,19H2,1-4H3,(H,27,28,29);4-7H,18H2,1-3H3,(H,25,26)(H,27,28);;;;;;;/q;;;7*+1/p-7. The van der Waals surface area contributed by atoms with Crippen molar-refractivity contribution in [3.8, 4) is 17.1 Å². The molecule has 0 saturated carbocycles. The summed E-state index contributed by atoms with van der Waals surface area (Å²) < 4.78 is 186. The van der Waals surface area contributed by atoms with E-state index in [1.54, 1.807) is 6.92 Å². The number of nitrogens with two attached hydrogens (primary N) is 3. The molecule has 0 bridgehead atoms. The van der Waals surface area contributed by atoms with E-state index in [2.05, 4.69) is 78.9 Å². The maximum absolute atomic E-state index is 12.9. The van der Waals surface area contributed by atoms with Gasteiger partial charge in [0, 0.05) is 28.4 Å². The number of hydrogen-bond acceptors (Lipinski definition) is 41. The van der Waals surface area contributed by atoms with Gasteiger partial charge in [-0.3, -0.25) is 9.76 Å². The summed E-state index contributed by atoms with van der Waals surface area (Å²) in [6.45, 7) is 21.7. The van der Waals surface area contributed by atoms with Gasteiger partial charge in [0.05, 0.1) is 105 Å². The van der Waals surface area contributed by atoms with Gasteiger partial charge in [-0.25, -0.2) is 70.3 Å². The topological polar surface area (TPSA) is 671 Å². The summed E-state index contributed by atoms with van der Waals surface area (Å²) in [7, 11) is -24.6. The second-order valence-electron chi connectivity index (χ2n) is 24.0. The minimum Gasteiger partial charge on any atom is -0.744 e. The molecular formula is C58H48K2N21Na5O22S8. The van der Waals surface area contributed by atoms with Crippen molar-refractivity contribution in [2.75, 3.05) is 21.9 Å². The van der Waals surface area contributed by atoms with Crippen LogP contribution in [0.25, 0.3) is 33.0 Å². The quantitative estimate of drug-likeness (QED) is 0.00987. The van der Waals surface area contributed by atoms with Gasteiger partial charge in [-0.15, -0.1) is 25.6 Å². The summed E-state index contributed by atoms with van der Waals surface area (Å²) in [6.07, 6.45) is 1.34. The van der Waals surface area contributed by atoms with Gasteiger partial charge in [-0.05, 0) is 128 Å². The van der Waals surface area contributed by atoms with Crippen LogP contribution in [0.5, 0.6) is 0 Å². The van der Waals surface area contributed by atoms with Gasteiger partial charge in [0.1, 0.15) is 52.3 Å². The van der Waals surface area contributed by atoms with E-state index in [0.29, 0.717) is 52.5 Å². The van der Waals surface area contributed by atoms with Crippen LogP contribution < -0.4 is 288 Å². The molecule has 0 spiro atoms. The molecule has 5 aromatic carbocycles. The molecule has 7 N–H and O–H groups in total. The minimum atomic E-state index is -5.27. The van der Waals surface area contributed by atoms with Crippen molar-refractivity contribution in [3.63, 3.8) is 0 Å². The molecule has 0 fully saturated rings. The van der Waals surface area contributed by atoms with Crippen LogP contribution in [0.1, 0.15) is 85.0 Å². The van der Waals surface area contributed by atoms with E-state index in [0.717, 1.165) is 70.2 Å². The molecule has 116 heavy (non-hydrogen) atoms. The van der Waals surface area contributed by atoms with Crippen LogP contribution >= 0.6 is 35.1 Å². The van der Waals surface area contributed by atoms with Crippen LogP contribution in [0.3, 0.4) is 0 Å². The number of fused-ring (bicyclic) bond motifs is 1. The van der Waals surface area contributed by atoms with Crippen LogP contribution in [0.15, 0.2) is 168 Å². The van der Waals surface area contributed by atoms with Crippen LogP contribution in [0.2, 0.25) is 0 Å². The number of carbonyl (C=O) groups excluding carboxylic acids is 2. The number of carboxylic acid groups (broad SMARTS) is 2. The first-order valence-corrected chi connectivity index (χ1v) is 39.0. The van der Waals surface area contributed by atoms with Crippen molar-refractivity contribution in [2.24, 2.45) is 30.7 Å². The third-order valence-corrected chi connectivity index (χ3v) is 20.9. The number of nitrogen functional groups attached to an aromatic ring is 3. The zero-order valence-electron chi connectivity index (χ0n) is 63.4. The number of aromatic carboxylic acids is 2. The van der Waals surface area contributed by atoms with Crippen LogP contribution in [0, 0.1) is 20.4 Å². The van der Waals surface area contributed by atoms with E-state index >= 15 is 0 Å². The van der Waals surface area contributed by atoms with Crippen LogP contribution in [0.4, 0.5) is 62.0 Å².